The molecule has 1 aliphatic carbocycles. The van der Waals surface area contributed by atoms with Crippen LogP contribution in [0, 0.1) is 11.3 Å². The van der Waals surface area contributed by atoms with E-state index in [1.54, 1.807) is 19.1 Å². The maximum Gasteiger partial charge on any atom is 0.316 e. The van der Waals surface area contributed by atoms with Crippen LogP contribution in [-0.2, 0) is 19.1 Å². The van der Waals surface area contributed by atoms with Crippen molar-refractivity contribution in [2.75, 3.05) is 13.7 Å². The Balaban J connectivity index is 2.82. The zero-order valence-electron chi connectivity index (χ0n) is 10.4. The normalized spacial score (nSPS) is 27.4. The summed E-state index contributed by atoms with van der Waals surface area (Å²) in [5.41, 5.74) is -0.817. The van der Waals surface area contributed by atoms with E-state index >= 15 is 0 Å². The van der Waals surface area contributed by atoms with E-state index in [0.717, 1.165) is 0 Å². The van der Waals surface area contributed by atoms with Crippen molar-refractivity contribution in [2.45, 2.75) is 20.3 Å². The highest BCUT2D eigenvalue weighted by Crippen LogP contribution is 2.55. The predicted molar refractivity (Wildman–Crippen MR) is 63.1 cm³/mol. The zero-order valence-corrected chi connectivity index (χ0v) is 10.4. The molecule has 0 aliphatic heterocycles. The molecular formula is C13H18O4. The van der Waals surface area contributed by atoms with Gasteiger partial charge in [0.2, 0.25) is 0 Å². The molecule has 0 radical (unpaired) electrons. The van der Waals surface area contributed by atoms with E-state index in [4.69, 9.17) is 4.74 Å². The second-order valence-electron chi connectivity index (χ2n) is 3.93. The van der Waals surface area contributed by atoms with Gasteiger partial charge in [-0.25, -0.2) is 0 Å². The highest BCUT2D eigenvalue weighted by molar-refractivity contribution is 5.93. The molecule has 0 amide bonds. The molecule has 0 saturated heterocycles. The first-order chi connectivity index (χ1) is 8.12. The standard InChI is InChI=1S/C13H18O4/c1-4-6-7-8-13(12(15)17-5-2)9-10(13)11(14)16-3/h4,6-8,10H,5,9H2,1-3H3/b6-4+,8-7+/t10-,13-/m1/s1. The number of esters is 2. The maximum absolute atomic E-state index is 11.8. The fourth-order valence-corrected chi connectivity index (χ4v) is 1.80. The van der Waals surface area contributed by atoms with Crippen LogP contribution in [-0.4, -0.2) is 25.7 Å². The molecular weight excluding hydrogens is 220 g/mol. The van der Waals surface area contributed by atoms with Gasteiger partial charge in [-0.3, -0.25) is 9.59 Å². The smallest absolute Gasteiger partial charge is 0.316 e. The van der Waals surface area contributed by atoms with Crippen LogP contribution in [0.1, 0.15) is 20.3 Å². The van der Waals surface area contributed by atoms with E-state index in [0.29, 0.717) is 13.0 Å². The molecule has 2 atom stereocenters. The summed E-state index contributed by atoms with van der Waals surface area (Å²) >= 11 is 0. The lowest BCUT2D eigenvalue weighted by Gasteiger charge is -2.10. The Morgan fingerprint density at radius 2 is 2.12 bits per heavy atom. The molecule has 0 aromatic carbocycles. The van der Waals surface area contributed by atoms with E-state index in [-0.39, 0.29) is 11.9 Å². The van der Waals surface area contributed by atoms with Gasteiger partial charge in [-0.1, -0.05) is 24.3 Å². The van der Waals surface area contributed by atoms with Gasteiger partial charge in [0.25, 0.3) is 0 Å². The SMILES string of the molecule is C/C=C/C=C/[C@@]1(C(=O)OCC)C[C@@H]1C(=O)OC. The Labute approximate surface area is 101 Å². The molecule has 4 nitrogen and oxygen atoms in total. The molecule has 4 heteroatoms. The number of methoxy groups -OCH3 is 1. The highest BCUT2D eigenvalue weighted by Gasteiger charge is 2.63. The lowest BCUT2D eigenvalue weighted by molar-refractivity contribution is -0.152. The summed E-state index contributed by atoms with van der Waals surface area (Å²) in [5, 5.41) is 0. The van der Waals surface area contributed by atoms with Crippen molar-refractivity contribution in [1.29, 1.82) is 0 Å². The zero-order chi connectivity index (χ0) is 12.9. The molecule has 0 bridgehead atoms. The third-order valence-electron chi connectivity index (χ3n) is 2.84. The molecule has 0 aromatic heterocycles. The lowest BCUT2D eigenvalue weighted by Crippen LogP contribution is -2.22. The molecule has 1 saturated carbocycles. The fraction of sp³-hybridized carbons (Fsp3) is 0.538. The number of ether oxygens (including phenoxy) is 2. The van der Waals surface area contributed by atoms with Crippen molar-refractivity contribution >= 4 is 11.9 Å². The average Bonchev–Trinajstić information content (AvgIpc) is 3.05. The monoisotopic (exact) mass is 238 g/mol. The maximum atomic E-state index is 11.8. The van der Waals surface area contributed by atoms with Crippen molar-refractivity contribution in [3.8, 4) is 0 Å². The van der Waals surface area contributed by atoms with Gasteiger partial charge < -0.3 is 9.47 Å². The molecule has 17 heavy (non-hydrogen) atoms. The summed E-state index contributed by atoms with van der Waals surface area (Å²) in [6.45, 7) is 3.94. The van der Waals surface area contributed by atoms with Crippen LogP contribution >= 0.6 is 0 Å². The van der Waals surface area contributed by atoms with Crippen LogP contribution in [0.15, 0.2) is 24.3 Å². The van der Waals surface area contributed by atoms with E-state index in [1.165, 1.54) is 7.11 Å². The molecule has 0 unspecified atom stereocenters. The van der Waals surface area contributed by atoms with Crippen LogP contribution in [0.3, 0.4) is 0 Å². The number of carbonyl (C=O) groups is 2. The Morgan fingerprint density at radius 1 is 1.41 bits per heavy atom. The van der Waals surface area contributed by atoms with Gasteiger partial charge >= 0.3 is 11.9 Å². The largest absolute Gasteiger partial charge is 0.469 e. The topological polar surface area (TPSA) is 52.6 Å². The van der Waals surface area contributed by atoms with Gasteiger partial charge in [0.15, 0.2) is 0 Å². The minimum Gasteiger partial charge on any atom is -0.469 e. The number of hydrogen-bond acceptors (Lipinski definition) is 4. The van der Waals surface area contributed by atoms with Crippen LogP contribution < -0.4 is 0 Å². The summed E-state index contributed by atoms with van der Waals surface area (Å²) in [5.74, 6) is -1.12. The van der Waals surface area contributed by atoms with Gasteiger partial charge in [0.1, 0.15) is 5.41 Å². The summed E-state index contributed by atoms with van der Waals surface area (Å²) in [6.07, 6.45) is 7.62. The van der Waals surface area contributed by atoms with Crippen LogP contribution in [0.4, 0.5) is 0 Å². The predicted octanol–water partition coefficient (Wildman–Crippen LogP) is 1.86. The van der Waals surface area contributed by atoms with Crippen LogP contribution in [0.25, 0.3) is 0 Å². The quantitative estimate of drug-likeness (QED) is 0.542. The number of rotatable bonds is 5. The van der Waals surface area contributed by atoms with E-state index in [1.807, 2.05) is 19.1 Å². The van der Waals surface area contributed by atoms with Crippen molar-refractivity contribution in [1.82, 2.24) is 0 Å². The molecule has 0 spiro atoms. The minimum atomic E-state index is -0.817. The molecule has 0 aromatic rings. The summed E-state index contributed by atoms with van der Waals surface area (Å²) in [4.78, 5) is 23.3. The first-order valence-electron chi connectivity index (χ1n) is 5.68. The molecule has 1 fully saturated rings. The Kier molecular flexibility index (Phi) is 4.49. The van der Waals surface area contributed by atoms with Gasteiger partial charge in [0.05, 0.1) is 19.6 Å². The van der Waals surface area contributed by atoms with Crippen molar-refractivity contribution in [3.63, 3.8) is 0 Å². The van der Waals surface area contributed by atoms with E-state index < -0.39 is 11.3 Å². The number of allylic oxidation sites excluding steroid dienone is 3. The van der Waals surface area contributed by atoms with Gasteiger partial charge in [-0.05, 0) is 20.3 Å². The third-order valence-corrected chi connectivity index (χ3v) is 2.84. The Morgan fingerprint density at radius 3 is 2.65 bits per heavy atom. The van der Waals surface area contributed by atoms with Crippen molar-refractivity contribution in [3.05, 3.63) is 24.3 Å². The molecule has 0 N–H and O–H groups in total. The minimum absolute atomic E-state index is 0.311. The van der Waals surface area contributed by atoms with Crippen molar-refractivity contribution < 1.29 is 19.1 Å². The number of hydrogen-bond donors (Lipinski definition) is 0. The number of carbonyl (C=O) groups excluding carboxylic acids is 2. The van der Waals surface area contributed by atoms with Crippen LogP contribution in [0.5, 0.6) is 0 Å². The fourth-order valence-electron chi connectivity index (χ4n) is 1.80. The Bertz CT molecular complexity index is 356. The van der Waals surface area contributed by atoms with Gasteiger partial charge in [-0.15, -0.1) is 0 Å². The summed E-state index contributed by atoms with van der Waals surface area (Å²) in [7, 11) is 1.33. The Hall–Kier alpha value is -1.58. The van der Waals surface area contributed by atoms with Crippen LogP contribution in [0.2, 0.25) is 0 Å². The second-order valence-corrected chi connectivity index (χ2v) is 3.93. The van der Waals surface area contributed by atoms with Gasteiger partial charge in [0, 0.05) is 0 Å². The first-order valence-corrected chi connectivity index (χ1v) is 5.68. The second kappa shape index (κ2) is 5.66. The summed E-state index contributed by atoms with van der Waals surface area (Å²) < 4.78 is 9.67. The third kappa shape index (κ3) is 2.75. The highest BCUT2D eigenvalue weighted by atomic mass is 16.5. The van der Waals surface area contributed by atoms with E-state index in [9.17, 15) is 9.59 Å². The molecule has 0 heterocycles. The first kappa shape index (κ1) is 13.5. The summed E-state index contributed by atoms with van der Waals surface area (Å²) in [6, 6.07) is 0. The molecule has 1 aliphatic rings. The molecule has 1 rings (SSSR count). The van der Waals surface area contributed by atoms with Gasteiger partial charge in [-0.2, -0.15) is 0 Å². The molecule has 94 valence electrons. The van der Waals surface area contributed by atoms with Crippen molar-refractivity contribution in [2.24, 2.45) is 11.3 Å². The van der Waals surface area contributed by atoms with E-state index in [2.05, 4.69) is 4.74 Å². The lowest BCUT2D eigenvalue weighted by atomic mass is 10.0. The average molecular weight is 238 g/mol.